The smallest absolute Gasteiger partial charge is 0.289 e. The van der Waals surface area contributed by atoms with E-state index in [4.69, 9.17) is 0 Å². The summed E-state index contributed by atoms with van der Waals surface area (Å²) in [5.74, 6) is -3.18. The molecule has 0 amide bonds. The minimum Gasteiger partial charge on any atom is -0.289 e. The topological polar surface area (TPSA) is 46.2 Å². The second-order valence-corrected chi connectivity index (χ2v) is 8.70. The number of ketones is 1. The molecule has 2 unspecified atom stereocenters. The molecule has 1 rings (SSSR count). The third-order valence-corrected chi connectivity index (χ3v) is 5.25. The molecule has 0 radical (unpaired) electrons. The Balaban J connectivity index is 3.50. The lowest BCUT2D eigenvalue weighted by molar-refractivity contribution is -0.172. The number of aryl methyl sites for hydroxylation is 1. The molecule has 3 nitrogen and oxygen atoms in total. The standard InChI is InChI=1S/C16H20F5NO2S/c1-10-6-5-7-11(13(10)18)15(9-17,8-12(23)16(19,20)21)22-25(24)14(2,3)4/h5-7,22H,8-9H2,1-4H3. The number of carbonyl (C=O) groups is 1. The van der Waals surface area contributed by atoms with Crippen LogP contribution < -0.4 is 4.72 Å². The third kappa shape index (κ3) is 5.07. The molecule has 1 N–H and O–H groups in total. The minimum absolute atomic E-state index is 0.0677. The lowest BCUT2D eigenvalue weighted by atomic mass is 9.85. The highest BCUT2D eigenvalue weighted by Gasteiger charge is 2.48. The minimum atomic E-state index is -5.22. The zero-order valence-corrected chi connectivity index (χ0v) is 15.1. The summed E-state index contributed by atoms with van der Waals surface area (Å²) in [4.78, 5) is 11.5. The van der Waals surface area contributed by atoms with E-state index in [0.717, 1.165) is 6.07 Å². The predicted molar refractivity (Wildman–Crippen MR) is 85.5 cm³/mol. The van der Waals surface area contributed by atoms with Crippen molar-refractivity contribution in [2.75, 3.05) is 6.67 Å². The van der Waals surface area contributed by atoms with Gasteiger partial charge < -0.3 is 0 Å². The monoisotopic (exact) mass is 385 g/mol. The van der Waals surface area contributed by atoms with E-state index in [0.29, 0.717) is 0 Å². The van der Waals surface area contributed by atoms with Gasteiger partial charge in [0.05, 0.1) is 21.3 Å². The van der Waals surface area contributed by atoms with Crippen LogP contribution in [0.2, 0.25) is 0 Å². The molecule has 0 aliphatic rings. The quantitative estimate of drug-likeness (QED) is 0.756. The first-order valence-electron chi connectivity index (χ1n) is 7.36. The Bertz CT molecular complexity index is 639. The van der Waals surface area contributed by atoms with Gasteiger partial charge in [-0.25, -0.2) is 17.7 Å². The maximum Gasteiger partial charge on any atom is 0.450 e. The third-order valence-electron chi connectivity index (χ3n) is 3.56. The predicted octanol–water partition coefficient (Wildman–Crippen LogP) is 3.87. The molecule has 0 saturated heterocycles. The number of alkyl halides is 4. The maximum atomic E-state index is 14.5. The number of hydrogen-bond acceptors (Lipinski definition) is 2. The summed E-state index contributed by atoms with van der Waals surface area (Å²) < 4.78 is 80.2. The summed E-state index contributed by atoms with van der Waals surface area (Å²) in [6, 6.07) is 3.77. The summed E-state index contributed by atoms with van der Waals surface area (Å²) in [7, 11) is -2.04. The van der Waals surface area contributed by atoms with E-state index in [1.165, 1.54) is 39.8 Å². The van der Waals surface area contributed by atoms with Crippen molar-refractivity contribution >= 4 is 16.8 Å². The van der Waals surface area contributed by atoms with Crippen molar-refractivity contribution in [3.63, 3.8) is 0 Å². The van der Waals surface area contributed by atoms with Crippen LogP contribution in [0.1, 0.15) is 38.3 Å². The van der Waals surface area contributed by atoms with Crippen molar-refractivity contribution in [2.45, 2.75) is 50.6 Å². The molecule has 2 atom stereocenters. The lowest BCUT2D eigenvalue weighted by Gasteiger charge is -2.35. The van der Waals surface area contributed by atoms with Gasteiger partial charge in [-0.05, 0) is 33.3 Å². The van der Waals surface area contributed by atoms with Crippen LogP contribution in [0.4, 0.5) is 22.0 Å². The number of Topliss-reactive ketones (excluding diaryl/α,β-unsaturated/α-hetero) is 1. The SMILES string of the molecule is Cc1cccc(C(CF)(CC(=O)C(F)(F)F)NS(=O)C(C)(C)C)c1F. The summed E-state index contributed by atoms with van der Waals surface area (Å²) in [6.45, 7) is 4.34. The van der Waals surface area contributed by atoms with Gasteiger partial charge >= 0.3 is 6.18 Å². The van der Waals surface area contributed by atoms with E-state index >= 15 is 0 Å². The summed E-state index contributed by atoms with van der Waals surface area (Å²) in [5, 5.41) is 0. The molecule has 0 bridgehead atoms. The van der Waals surface area contributed by atoms with Crippen LogP contribution in [0.5, 0.6) is 0 Å². The zero-order chi connectivity index (χ0) is 19.6. The number of nitrogens with one attached hydrogen (secondary N) is 1. The van der Waals surface area contributed by atoms with E-state index in [-0.39, 0.29) is 5.56 Å². The second-order valence-electron chi connectivity index (χ2n) is 6.73. The van der Waals surface area contributed by atoms with Gasteiger partial charge in [-0.3, -0.25) is 4.79 Å². The highest BCUT2D eigenvalue weighted by Crippen LogP contribution is 2.34. The maximum absolute atomic E-state index is 14.5. The molecule has 0 saturated carbocycles. The summed E-state index contributed by atoms with van der Waals surface area (Å²) in [6.07, 6.45) is -6.62. The van der Waals surface area contributed by atoms with E-state index in [1.54, 1.807) is 0 Å². The highest BCUT2D eigenvalue weighted by molar-refractivity contribution is 7.84. The molecule has 9 heteroatoms. The molecule has 0 aliphatic carbocycles. The number of benzene rings is 1. The Morgan fingerprint density at radius 3 is 2.20 bits per heavy atom. The Morgan fingerprint density at radius 2 is 1.76 bits per heavy atom. The normalized spacial score (nSPS) is 16.4. The van der Waals surface area contributed by atoms with Gasteiger partial charge in [-0.15, -0.1) is 0 Å². The molecule has 0 fully saturated rings. The number of carbonyl (C=O) groups excluding carboxylic acids is 1. The summed E-state index contributed by atoms with van der Waals surface area (Å²) in [5.41, 5.74) is -2.79. The van der Waals surface area contributed by atoms with Crippen molar-refractivity contribution in [1.82, 2.24) is 4.72 Å². The first-order valence-corrected chi connectivity index (χ1v) is 8.51. The fourth-order valence-electron chi connectivity index (χ4n) is 2.05. The zero-order valence-electron chi connectivity index (χ0n) is 14.3. The van der Waals surface area contributed by atoms with Crippen LogP contribution in [0, 0.1) is 12.7 Å². The van der Waals surface area contributed by atoms with Crippen molar-refractivity contribution in [3.8, 4) is 0 Å². The molecule has 142 valence electrons. The Kier molecular flexibility index (Phi) is 6.50. The van der Waals surface area contributed by atoms with Gasteiger partial charge in [0.1, 0.15) is 12.5 Å². The van der Waals surface area contributed by atoms with Gasteiger partial charge in [0, 0.05) is 12.0 Å². The Morgan fingerprint density at radius 1 is 1.20 bits per heavy atom. The van der Waals surface area contributed by atoms with Gasteiger partial charge in [-0.1, -0.05) is 18.2 Å². The molecular weight excluding hydrogens is 365 g/mol. The highest BCUT2D eigenvalue weighted by atomic mass is 32.2. The van der Waals surface area contributed by atoms with Crippen LogP contribution >= 0.6 is 0 Å². The average molecular weight is 385 g/mol. The van der Waals surface area contributed by atoms with Gasteiger partial charge in [-0.2, -0.15) is 13.2 Å². The van der Waals surface area contributed by atoms with E-state index < -0.39 is 57.7 Å². The molecule has 0 aromatic heterocycles. The molecule has 0 spiro atoms. The van der Waals surface area contributed by atoms with E-state index in [1.807, 2.05) is 0 Å². The van der Waals surface area contributed by atoms with Crippen molar-refractivity contribution < 1.29 is 31.0 Å². The fraction of sp³-hybridized carbons (Fsp3) is 0.562. The van der Waals surface area contributed by atoms with Gasteiger partial charge in [0.25, 0.3) is 0 Å². The fourth-order valence-corrected chi connectivity index (χ4v) is 2.95. The molecule has 25 heavy (non-hydrogen) atoms. The molecule has 1 aromatic carbocycles. The van der Waals surface area contributed by atoms with Crippen LogP contribution in [0.25, 0.3) is 0 Å². The Labute approximate surface area is 145 Å². The number of halogens is 5. The first-order chi connectivity index (χ1) is 11.2. The summed E-state index contributed by atoms with van der Waals surface area (Å²) >= 11 is 0. The first kappa shape index (κ1) is 21.7. The lowest BCUT2D eigenvalue weighted by Crippen LogP contribution is -2.52. The van der Waals surface area contributed by atoms with Crippen molar-refractivity contribution in [3.05, 3.63) is 35.1 Å². The van der Waals surface area contributed by atoms with E-state index in [2.05, 4.69) is 4.72 Å². The molecule has 0 aliphatic heterocycles. The average Bonchev–Trinajstić information content (AvgIpc) is 2.47. The van der Waals surface area contributed by atoms with E-state index in [9.17, 15) is 31.0 Å². The van der Waals surface area contributed by atoms with Crippen LogP contribution in [0.15, 0.2) is 18.2 Å². The molecule has 0 heterocycles. The van der Waals surface area contributed by atoms with Crippen molar-refractivity contribution in [2.24, 2.45) is 0 Å². The number of rotatable bonds is 6. The van der Waals surface area contributed by atoms with Crippen molar-refractivity contribution in [1.29, 1.82) is 0 Å². The van der Waals surface area contributed by atoms with Crippen LogP contribution in [0.3, 0.4) is 0 Å². The van der Waals surface area contributed by atoms with Gasteiger partial charge in [0.15, 0.2) is 0 Å². The largest absolute Gasteiger partial charge is 0.450 e. The molecule has 1 aromatic rings. The second kappa shape index (κ2) is 7.49. The Hall–Kier alpha value is -1.35. The number of hydrogen-bond donors (Lipinski definition) is 1. The molecular formula is C16H20F5NO2S. The van der Waals surface area contributed by atoms with Gasteiger partial charge in [0.2, 0.25) is 5.78 Å². The van der Waals surface area contributed by atoms with Crippen LogP contribution in [-0.4, -0.2) is 27.6 Å². The van der Waals surface area contributed by atoms with Crippen LogP contribution in [-0.2, 0) is 21.3 Å².